The van der Waals surface area contributed by atoms with Crippen LogP contribution in [0.2, 0.25) is 0 Å². The van der Waals surface area contributed by atoms with E-state index in [1.54, 1.807) is 14.2 Å². The zero-order valence-corrected chi connectivity index (χ0v) is 23.5. The van der Waals surface area contributed by atoms with Gasteiger partial charge in [0.1, 0.15) is 17.7 Å². The van der Waals surface area contributed by atoms with Gasteiger partial charge in [0.15, 0.2) is 35.3 Å². The van der Waals surface area contributed by atoms with Gasteiger partial charge in [0, 0.05) is 6.54 Å². The quantitative estimate of drug-likeness (QED) is 0.172. The number of imidazole rings is 1. The fourth-order valence-corrected chi connectivity index (χ4v) is 4.16. The van der Waals surface area contributed by atoms with Crippen molar-refractivity contribution in [3.8, 4) is 11.5 Å². The summed E-state index contributed by atoms with van der Waals surface area (Å²) in [7, 11) is 3.18. The van der Waals surface area contributed by atoms with Crippen LogP contribution in [0.15, 0.2) is 24.5 Å². The maximum Gasteiger partial charge on any atom is 0.490 e. The molecule has 0 radical (unpaired) electrons. The van der Waals surface area contributed by atoms with Crippen molar-refractivity contribution in [3.05, 3.63) is 35.9 Å². The molecule has 238 valence electrons. The highest BCUT2D eigenvalue weighted by atomic mass is 19.4. The Hall–Kier alpha value is -4.82. The average Bonchev–Trinajstić information content (AvgIpc) is 3.71. The van der Waals surface area contributed by atoms with E-state index in [9.17, 15) is 23.4 Å². The molecule has 0 bridgehead atoms. The number of fused-ring (bicyclic) bond motifs is 1. The number of aromatic nitrogens is 8. The summed E-state index contributed by atoms with van der Waals surface area (Å²) < 4.78 is 49.8. The number of aryl methyl sites for hydroxylation is 1. The van der Waals surface area contributed by atoms with E-state index in [-0.39, 0.29) is 17.6 Å². The number of carbonyl (C=O) groups is 1. The van der Waals surface area contributed by atoms with Crippen LogP contribution in [0.3, 0.4) is 0 Å². The summed E-state index contributed by atoms with van der Waals surface area (Å²) in [5.41, 5.74) is 7.85. The molecule has 17 nitrogen and oxygen atoms in total. The molecule has 0 unspecified atom stereocenters. The van der Waals surface area contributed by atoms with Gasteiger partial charge in [-0.2, -0.15) is 27.9 Å². The number of nitrogens with zero attached hydrogens (tertiary/aromatic N) is 8. The molecule has 6 N–H and O–H groups in total. The molecule has 0 spiro atoms. The van der Waals surface area contributed by atoms with Gasteiger partial charge in [-0.1, -0.05) is 6.07 Å². The number of hydrogen-bond donors (Lipinski definition) is 5. The molecule has 4 atom stereocenters. The van der Waals surface area contributed by atoms with E-state index in [1.807, 2.05) is 25.1 Å². The lowest BCUT2D eigenvalue weighted by molar-refractivity contribution is -0.192. The normalized spacial score (nSPS) is 19.8. The van der Waals surface area contributed by atoms with Gasteiger partial charge in [-0.05, 0) is 36.3 Å². The van der Waals surface area contributed by atoms with Crippen molar-refractivity contribution in [2.24, 2.45) is 0 Å². The van der Waals surface area contributed by atoms with Crippen LogP contribution in [0.5, 0.6) is 11.5 Å². The first-order valence-corrected chi connectivity index (χ1v) is 12.9. The molecule has 1 aliphatic heterocycles. The van der Waals surface area contributed by atoms with Crippen molar-refractivity contribution < 1.29 is 47.5 Å². The van der Waals surface area contributed by atoms with E-state index >= 15 is 0 Å². The Bertz CT molecular complexity index is 1600. The van der Waals surface area contributed by atoms with Crippen molar-refractivity contribution >= 4 is 28.9 Å². The van der Waals surface area contributed by atoms with Crippen LogP contribution in [0.4, 0.5) is 24.9 Å². The standard InChI is InChI=1S/C22H28N10O5.C2HF3O2/c1-4-32-29-19(28-30-32)17-15(33)16(34)21(37-17)31-10-25-14-18(23)26-22(27-20(14)31)24-8-7-11-5-6-12(35-2)13(9-11)36-3;3-2(4,5)1(6)7/h5-6,9-10,15-17,21,33-34H,4,7-8H2,1-3H3,(H3,23,24,26,27);(H,6,7)/t15-,16+,17-,21+;/m0./s1. The van der Waals surface area contributed by atoms with Crippen molar-refractivity contribution in [1.82, 2.24) is 39.7 Å². The molecule has 0 amide bonds. The van der Waals surface area contributed by atoms with Gasteiger partial charge in [0.05, 0.1) is 27.1 Å². The summed E-state index contributed by atoms with van der Waals surface area (Å²) in [6, 6.07) is 5.70. The number of nitrogen functional groups attached to an aromatic ring is 1. The van der Waals surface area contributed by atoms with E-state index < -0.39 is 36.7 Å². The Labute approximate surface area is 246 Å². The van der Waals surface area contributed by atoms with Gasteiger partial charge in [-0.3, -0.25) is 4.57 Å². The van der Waals surface area contributed by atoms with Crippen LogP contribution >= 0.6 is 0 Å². The van der Waals surface area contributed by atoms with Crippen LogP contribution in [-0.4, -0.2) is 100 Å². The number of rotatable bonds is 9. The Morgan fingerprint density at radius 1 is 1.16 bits per heavy atom. The SMILES string of the molecule is CCn1nnc([C@H]2O[C@@H](n3cnc4c(N)nc(NCCc5ccc(OC)c(OC)c5)nc43)[C@H](O)[C@@H]2O)n1.O=C(O)C(F)(F)F. The molecular formula is C24H29F3N10O7. The van der Waals surface area contributed by atoms with Gasteiger partial charge in [-0.15, -0.1) is 10.2 Å². The molecule has 44 heavy (non-hydrogen) atoms. The van der Waals surface area contributed by atoms with E-state index in [1.165, 1.54) is 15.7 Å². The van der Waals surface area contributed by atoms with Crippen molar-refractivity contribution in [2.75, 3.05) is 31.8 Å². The number of carboxylic acid groups (broad SMARTS) is 1. The summed E-state index contributed by atoms with van der Waals surface area (Å²) >= 11 is 0. The number of aliphatic carboxylic acids is 1. The summed E-state index contributed by atoms with van der Waals surface area (Å²) in [5.74, 6) is -0.837. The molecule has 20 heteroatoms. The Morgan fingerprint density at radius 2 is 1.86 bits per heavy atom. The first-order valence-electron chi connectivity index (χ1n) is 12.9. The zero-order valence-electron chi connectivity index (χ0n) is 23.5. The number of carboxylic acids is 1. The van der Waals surface area contributed by atoms with Crippen LogP contribution in [-0.2, 0) is 22.5 Å². The van der Waals surface area contributed by atoms with E-state index in [0.717, 1.165) is 5.56 Å². The first kappa shape index (κ1) is 32.1. The molecule has 4 heterocycles. The molecule has 3 aromatic heterocycles. The lowest BCUT2D eigenvalue weighted by Crippen LogP contribution is -2.29. The molecule has 1 saturated heterocycles. The number of methoxy groups -OCH3 is 2. The first-order chi connectivity index (χ1) is 20.9. The van der Waals surface area contributed by atoms with Gasteiger partial charge in [0.25, 0.3) is 0 Å². The maximum atomic E-state index is 10.8. The van der Waals surface area contributed by atoms with E-state index in [0.29, 0.717) is 42.2 Å². The third-order valence-electron chi connectivity index (χ3n) is 6.35. The lowest BCUT2D eigenvalue weighted by atomic mass is 10.1. The minimum absolute atomic E-state index is 0.162. The number of aliphatic hydroxyl groups excluding tert-OH is 2. The predicted molar refractivity (Wildman–Crippen MR) is 144 cm³/mol. The molecule has 0 aliphatic carbocycles. The smallest absolute Gasteiger partial charge is 0.490 e. The average molecular weight is 627 g/mol. The second kappa shape index (κ2) is 13.2. The summed E-state index contributed by atoms with van der Waals surface area (Å²) in [6.45, 7) is 2.87. The highest BCUT2D eigenvalue weighted by Gasteiger charge is 2.47. The molecule has 1 fully saturated rings. The van der Waals surface area contributed by atoms with Crippen molar-refractivity contribution in [2.45, 2.75) is 50.6 Å². The number of alkyl halides is 3. The van der Waals surface area contributed by atoms with Gasteiger partial charge < -0.3 is 40.6 Å². The topological polar surface area (TPSA) is 231 Å². The number of hydrogen-bond acceptors (Lipinski definition) is 14. The second-order valence-electron chi connectivity index (χ2n) is 9.19. The number of aliphatic hydroxyl groups is 2. The highest BCUT2D eigenvalue weighted by Crippen LogP contribution is 2.38. The van der Waals surface area contributed by atoms with Gasteiger partial charge in [0.2, 0.25) is 11.8 Å². The van der Waals surface area contributed by atoms with Gasteiger partial charge >= 0.3 is 12.1 Å². The highest BCUT2D eigenvalue weighted by molar-refractivity contribution is 5.83. The maximum absolute atomic E-state index is 10.8. The van der Waals surface area contributed by atoms with Crippen LogP contribution in [0, 0.1) is 0 Å². The second-order valence-corrected chi connectivity index (χ2v) is 9.19. The number of tetrazole rings is 1. The zero-order chi connectivity index (χ0) is 32.2. The largest absolute Gasteiger partial charge is 0.493 e. The summed E-state index contributed by atoms with van der Waals surface area (Å²) in [4.78, 5) is 23.4. The van der Waals surface area contributed by atoms with Crippen LogP contribution < -0.4 is 20.5 Å². The number of ether oxygens (including phenoxy) is 3. The summed E-state index contributed by atoms with van der Waals surface area (Å²) in [5, 5.41) is 43.7. The third kappa shape index (κ3) is 6.87. The Balaban J connectivity index is 0.000000566. The molecule has 1 aliphatic rings. The molecule has 0 saturated carbocycles. The third-order valence-corrected chi connectivity index (χ3v) is 6.35. The molecule has 4 aromatic rings. The summed E-state index contributed by atoms with van der Waals surface area (Å²) in [6.07, 6.45) is -7.56. The number of nitrogens with two attached hydrogens (primary N) is 1. The predicted octanol–water partition coefficient (Wildman–Crippen LogP) is 0.712. The fourth-order valence-electron chi connectivity index (χ4n) is 4.16. The number of nitrogens with one attached hydrogen (secondary N) is 1. The van der Waals surface area contributed by atoms with Crippen LogP contribution in [0.1, 0.15) is 30.6 Å². The molecule has 1 aromatic carbocycles. The van der Waals surface area contributed by atoms with Crippen molar-refractivity contribution in [3.63, 3.8) is 0 Å². The van der Waals surface area contributed by atoms with E-state index in [4.69, 9.17) is 29.8 Å². The monoisotopic (exact) mass is 626 g/mol. The number of anilines is 2. The fraction of sp³-hybridized carbons (Fsp3) is 0.458. The number of benzene rings is 1. The van der Waals surface area contributed by atoms with Crippen molar-refractivity contribution in [1.29, 1.82) is 0 Å². The molecular weight excluding hydrogens is 597 g/mol. The van der Waals surface area contributed by atoms with Gasteiger partial charge in [-0.25, -0.2) is 9.78 Å². The lowest BCUT2D eigenvalue weighted by Gasteiger charge is -2.16. The van der Waals surface area contributed by atoms with Crippen LogP contribution in [0.25, 0.3) is 11.2 Å². The Kier molecular flexibility index (Phi) is 9.65. The Morgan fingerprint density at radius 3 is 2.48 bits per heavy atom. The molecule has 5 rings (SSSR count). The van der Waals surface area contributed by atoms with E-state index in [2.05, 4.69) is 35.7 Å². The minimum atomic E-state index is -5.08. The minimum Gasteiger partial charge on any atom is -0.493 e. The number of halogens is 3.